The van der Waals surface area contributed by atoms with Crippen LogP contribution in [-0.2, 0) is 4.79 Å². The van der Waals surface area contributed by atoms with Crippen molar-refractivity contribution in [1.82, 2.24) is 10.7 Å². The molecule has 0 atom stereocenters. The number of nitrogens with zero attached hydrogens (tertiary/aromatic N) is 1. The third-order valence-corrected chi connectivity index (χ3v) is 4.08. The molecule has 2 rings (SSSR count). The van der Waals surface area contributed by atoms with Gasteiger partial charge in [0, 0.05) is 10.0 Å². The first-order valence-corrected chi connectivity index (χ1v) is 8.93. The maximum atomic E-state index is 12.3. The molecule has 0 saturated heterocycles. The van der Waals surface area contributed by atoms with E-state index in [1.165, 1.54) is 39.7 Å². The maximum Gasteiger partial charge on any atom is 0.259 e. The average Bonchev–Trinajstić information content (AvgIpc) is 2.70. The highest BCUT2D eigenvalue weighted by Crippen LogP contribution is 2.38. The molecule has 0 unspecified atom stereocenters. The van der Waals surface area contributed by atoms with E-state index in [1.54, 1.807) is 0 Å². The number of benzene rings is 2. The van der Waals surface area contributed by atoms with Crippen LogP contribution < -0.4 is 25.0 Å². The van der Waals surface area contributed by atoms with E-state index in [0.29, 0.717) is 17.2 Å². The van der Waals surface area contributed by atoms with Crippen LogP contribution in [0, 0.1) is 0 Å². The van der Waals surface area contributed by atoms with E-state index < -0.39 is 11.8 Å². The first-order chi connectivity index (χ1) is 13.5. The first kappa shape index (κ1) is 21.2. The van der Waals surface area contributed by atoms with Crippen LogP contribution >= 0.6 is 15.9 Å². The van der Waals surface area contributed by atoms with Gasteiger partial charge in [-0.3, -0.25) is 9.59 Å². The van der Waals surface area contributed by atoms with Crippen LogP contribution in [0.25, 0.3) is 0 Å². The van der Waals surface area contributed by atoms with Crippen molar-refractivity contribution in [2.75, 3.05) is 27.9 Å². The second-order valence-electron chi connectivity index (χ2n) is 5.44. The topological polar surface area (TPSA) is 98.2 Å². The number of carbonyl (C=O) groups is 2. The lowest BCUT2D eigenvalue weighted by Gasteiger charge is -2.14. The van der Waals surface area contributed by atoms with Crippen LogP contribution in [0.5, 0.6) is 17.2 Å². The largest absolute Gasteiger partial charge is 0.493 e. The summed E-state index contributed by atoms with van der Waals surface area (Å²) in [4.78, 5) is 24.2. The molecule has 0 fully saturated rings. The SMILES string of the molecule is COc1cc(C(=O)NCC(=O)NN=Cc2cccc(Br)c2)cc(OC)c1OC. The third kappa shape index (κ3) is 5.71. The van der Waals surface area contributed by atoms with Crippen LogP contribution in [0.15, 0.2) is 46.0 Å². The van der Waals surface area contributed by atoms with E-state index in [1.807, 2.05) is 24.3 Å². The summed E-state index contributed by atoms with van der Waals surface area (Å²) in [7, 11) is 4.38. The molecule has 0 aliphatic carbocycles. The fourth-order valence-electron chi connectivity index (χ4n) is 2.28. The Kier molecular flexibility index (Phi) is 7.82. The van der Waals surface area contributed by atoms with Gasteiger partial charge in [0.05, 0.1) is 34.1 Å². The number of hydrogen-bond donors (Lipinski definition) is 2. The number of methoxy groups -OCH3 is 3. The van der Waals surface area contributed by atoms with Crippen molar-refractivity contribution in [3.8, 4) is 17.2 Å². The summed E-state index contributed by atoms with van der Waals surface area (Å²) in [6, 6.07) is 10.4. The molecule has 0 radical (unpaired) electrons. The van der Waals surface area contributed by atoms with Gasteiger partial charge in [-0.05, 0) is 29.8 Å². The Bertz CT molecular complexity index is 861. The number of halogens is 1. The fraction of sp³-hybridized carbons (Fsp3) is 0.211. The Morgan fingerprint density at radius 1 is 1.07 bits per heavy atom. The zero-order valence-corrected chi connectivity index (χ0v) is 17.2. The van der Waals surface area contributed by atoms with Crippen LogP contribution in [0.3, 0.4) is 0 Å². The Morgan fingerprint density at radius 3 is 2.32 bits per heavy atom. The van der Waals surface area contributed by atoms with Gasteiger partial charge in [-0.15, -0.1) is 0 Å². The van der Waals surface area contributed by atoms with Gasteiger partial charge in [-0.25, -0.2) is 5.43 Å². The van der Waals surface area contributed by atoms with Gasteiger partial charge < -0.3 is 19.5 Å². The highest BCUT2D eigenvalue weighted by molar-refractivity contribution is 9.10. The van der Waals surface area contributed by atoms with Crippen molar-refractivity contribution in [3.05, 3.63) is 52.0 Å². The van der Waals surface area contributed by atoms with Crippen molar-refractivity contribution >= 4 is 34.0 Å². The van der Waals surface area contributed by atoms with E-state index in [4.69, 9.17) is 14.2 Å². The molecule has 0 aromatic heterocycles. The van der Waals surface area contributed by atoms with Crippen LogP contribution in [0.4, 0.5) is 0 Å². The molecule has 0 heterocycles. The molecule has 8 nitrogen and oxygen atoms in total. The van der Waals surface area contributed by atoms with Gasteiger partial charge in [0.25, 0.3) is 11.8 Å². The second kappa shape index (κ2) is 10.3. The number of nitrogens with one attached hydrogen (secondary N) is 2. The zero-order chi connectivity index (χ0) is 20.5. The summed E-state index contributed by atoms with van der Waals surface area (Å²) >= 11 is 3.35. The lowest BCUT2D eigenvalue weighted by molar-refractivity contribution is -0.120. The van der Waals surface area contributed by atoms with E-state index in [0.717, 1.165) is 10.0 Å². The molecular formula is C19H20BrN3O5. The van der Waals surface area contributed by atoms with E-state index in [9.17, 15) is 9.59 Å². The quantitative estimate of drug-likeness (QED) is 0.476. The van der Waals surface area contributed by atoms with E-state index in [-0.39, 0.29) is 12.1 Å². The fourth-order valence-corrected chi connectivity index (χ4v) is 2.70. The second-order valence-corrected chi connectivity index (χ2v) is 6.36. The predicted octanol–water partition coefficient (Wildman–Crippen LogP) is 2.36. The molecule has 0 bridgehead atoms. The molecule has 2 aromatic rings. The molecule has 0 saturated carbocycles. The van der Waals surface area contributed by atoms with Crippen molar-refractivity contribution in [2.24, 2.45) is 5.10 Å². The molecule has 2 N–H and O–H groups in total. The Labute approximate surface area is 171 Å². The average molecular weight is 450 g/mol. The summed E-state index contributed by atoms with van der Waals surface area (Å²) in [5.41, 5.74) is 3.43. The maximum absolute atomic E-state index is 12.3. The van der Waals surface area contributed by atoms with Gasteiger partial charge in [0.1, 0.15) is 0 Å². The van der Waals surface area contributed by atoms with Crippen molar-refractivity contribution in [2.45, 2.75) is 0 Å². The minimum absolute atomic E-state index is 0.245. The van der Waals surface area contributed by atoms with Gasteiger partial charge in [0.2, 0.25) is 5.75 Å². The minimum Gasteiger partial charge on any atom is -0.493 e. The smallest absolute Gasteiger partial charge is 0.259 e. The number of hydrazone groups is 1. The van der Waals surface area contributed by atoms with Crippen molar-refractivity contribution in [3.63, 3.8) is 0 Å². The number of carbonyl (C=O) groups excluding carboxylic acids is 2. The lowest BCUT2D eigenvalue weighted by atomic mass is 10.1. The molecule has 0 spiro atoms. The van der Waals surface area contributed by atoms with Crippen LogP contribution in [-0.4, -0.2) is 45.9 Å². The van der Waals surface area contributed by atoms with Crippen LogP contribution in [0.2, 0.25) is 0 Å². The minimum atomic E-state index is -0.467. The number of amides is 2. The number of ether oxygens (including phenoxy) is 3. The molecule has 2 amide bonds. The summed E-state index contributed by atoms with van der Waals surface area (Å²) in [5.74, 6) is 0.128. The molecule has 148 valence electrons. The zero-order valence-electron chi connectivity index (χ0n) is 15.6. The van der Waals surface area contributed by atoms with Crippen molar-refractivity contribution in [1.29, 1.82) is 0 Å². The standard InChI is InChI=1S/C19H20BrN3O5/c1-26-15-8-13(9-16(27-2)18(15)28-3)19(25)21-11-17(24)23-22-10-12-5-4-6-14(20)7-12/h4-10H,11H2,1-3H3,(H,21,25)(H,23,24). The lowest BCUT2D eigenvalue weighted by Crippen LogP contribution is -2.34. The summed E-state index contributed by atoms with van der Waals surface area (Å²) in [5, 5.41) is 6.37. The summed E-state index contributed by atoms with van der Waals surface area (Å²) in [6.45, 7) is -0.245. The van der Waals surface area contributed by atoms with Gasteiger partial charge >= 0.3 is 0 Å². The molecular weight excluding hydrogens is 430 g/mol. The molecule has 28 heavy (non-hydrogen) atoms. The third-order valence-electron chi connectivity index (χ3n) is 3.59. The molecule has 0 aliphatic heterocycles. The van der Waals surface area contributed by atoms with Gasteiger partial charge in [-0.1, -0.05) is 28.1 Å². The monoisotopic (exact) mass is 449 g/mol. The number of hydrogen-bond acceptors (Lipinski definition) is 6. The van der Waals surface area contributed by atoms with Gasteiger partial charge in [0.15, 0.2) is 11.5 Å². The summed E-state index contributed by atoms with van der Waals surface area (Å²) < 4.78 is 16.5. The normalized spacial score (nSPS) is 10.4. The molecule has 2 aromatic carbocycles. The van der Waals surface area contributed by atoms with Crippen LogP contribution in [0.1, 0.15) is 15.9 Å². The van der Waals surface area contributed by atoms with Crippen molar-refractivity contribution < 1.29 is 23.8 Å². The number of rotatable bonds is 8. The van der Waals surface area contributed by atoms with Gasteiger partial charge in [-0.2, -0.15) is 5.10 Å². The van der Waals surface area contributed by atoms with E-state index >= 15 is 0 Å². The highest BCUT2D eigenvalue weighted by atomic mass is 79.9. The van der Waals surface area contributed by atoms with E-state index in [2.05, 4.69) is 31.8 Å². The molecule has 0 aliphatic rings. The Morgan fingerprint density at radius 2 is 1.75 bits per heavy atom. The Hall–Kier alpha value is -3.07. The highest BCUT2D eigenvalue weighted by Gasteiger charge is 2.17. The Balaban J connectivity index is 1.95. The predicted molar refractivity (Wildman–Crippen MR) is 108 cm³/mol. The summed E-state index contributed by atoms with van der Waals surface area (Å²) in [6.07, 6.45) is 1.50. The first-order valence-electron chi connectivity index (χ1n) is 8.14. The molecule has 9 heteroatoms.